The summed E-state index contributed by atoms with van der Waals surface area (Å²) in [6.07, 6.45) is 10.0. The van der Waals surface area contributed by atoms with Gasteiger partial charge in [0.1, 0.15) is 17.4 Å². The minimum absolute atomic E-state index is 0.0749. The van der Waals surface area contributed by atoms with Crippen LogP contribution in [0.5, 0.6) is 0 Å². The minimum atomic E-state index is -0.336. The largest absolute Gasteiger partial charge is 0.465 e. The van der Waals surface area contributed by atoms with E-state index in [1.807, 2.05) is 6.07 Å². The molecule has 0 saturated carbocycles. The van der Waals surface area contributed by atoms with Gasteiger partial charge in [-0.25, -0.2) is 0 Å². The lowest BCUT2D eigenvalue weighted by Gasteiger charge is -2.04. The highest BCUT2D eigenvalue weighted by Gasteiger charge is 2.08. The second-order valence-electron chi connectivity index (χ2n) is 4.71. The highest BCUT2D eigenvalue weighted by Crippen LogP contribution is 2.07. The molecule has 0 bridgehead atoms. The first-order valence-electron chi connectivity index (χ1n) is 7.21. The Balaban J connectivity index is 2.26. The van der Waals surface area contributed by atoms with Gasteiger partial charge in [-0.2, -0.15) is 5.26 Å². The van der Waals surface area contributed by atoms with E-state index < -0.39 is 0 Å². The third-order valence-corrected chi connectivity index (χ3v) is 3.01. The van der Waals surface area contributed by atoms with Gasteiger partial charge in [-0.15, -0.1) is 0 Å². The maximum Gasteiger partial charge on any atom is 0.262 e. The number of rotatable bonds is 9. The van der Waals surface area contributed by atoms with E-state index in [1.54, 1.807) is 12.1 Å². The normalized spacial score (nSPS) is 11.1. The maximum absolute atomic E-state index is 11.8. The number of hydrogen-bond acceptors (Lipinski definition) is 3. The Morgan fingerprint density at radius 3 is 2.75 bits per heavy atom. The summed E-state index contributed by atoms with van der Waals surface area (Å²) in [4.78, 5) is 11.8. The standard InChI is InChI=1S/C16H22N2O2/c1-2-3-4-5-6-7-10-18-16(19)14(13-17)12-15-9-8-11-20-15/h8-9,11-12H,2-7,10H2,1H3,(H,18,19)/b14-12-. The molecule has 4 nitrogen and oxygen atoms in total. The van der Waals surface area contributed by atoms with Crippen LogP contribution in [0.25, 0.3) is 6.08 Å². The van der Waals surface area contributed by atoms with Crippen molar-refractivity contribution in [1.82, 2.24) is 5.32 Å². The van der Waals surface area contributed by atoms with Gasteiger partial charge in [0.05, 0.1) is 6.26 Å². The lowest BCUT2D eigenvalue weighted by Crippen LogP contribution is -2.25. The van der Waals surface area contributed by atoms with Crippen LogP contribution in [-0.2, 0) is 4.79 Å². The molecule has 0 aliphatic carbocycles. The maximum atomic E-state index is 11.8. The van der Waals surface area contributed by atoms with Crippen molar-refractivity contribution >= 4 is 12.0 Å². The minimum Gasteiger partial charge on any atom is -0.465 e. The topological polar surface area (TPSA) is 66.0 Å². The number of amides is 1. The van der Waals surface area contributed by atoms with Crippen LogP contribution in [0.3, 0.4) is 0 Å². The quantitative estimate of drug-likeness (QED) is 0.424. The molecule has 1 amide bonds. The molecule has 1 rings (SSSR count). The van der Waals surface area contributed by atoms with Gasteiger partial charge >= 0.3 is 0 Å². The average molecular weight is 274 g/mol. The van der Waals surface area contributed by atoms with Crippen molar-refractivity contribution < 1.29 is 9.21 Å². The van der Waals surface area contributed by atoms with Crippen LogP contribution in [-0.4, -0.2) is 12.5 Å². The number of carbonyl (C=O) groups is 1. The highest BCUT2D eigenvalue weighted by atomic mass is 16.3. The molecule has 1 heterocycles. The van der Waals surface area contributed by atoms with E-state index in [2.05, 4.69) is 12.2 Å². The second kappa shape index (κ2) is 9.85. The third kappa shape index (κ3) is 6.24. The van der Waals surface area contributed by atoms with Crippen molar-refractivity contribution in [2.45, 2.75) is 45.4 Å². The molecule has 0 radical (unpaired) electrons. The molecule has 0 unspecified atom stereocenters. The summed E-state index contributed by atoms with van der Waals surface area (Å²) >= 11 is 0. The van der Waals surface area contributed by atoms with Crippen molar-refractivity contribution in [2.24, 2.45) is 0 Å². The molecular formula is C16H22N2O2. The summed E-state index contributed by atoms with van der Waals surface area (Å²) in [7, 11) is 0. The van der Waals surface area contributed by atoms with Crippen molar-refractivity contribution in [1.29, 1.82) is 5.26 Å². The van der Waals surface area contributed by atoms with Crippen LogP contribution < -0.4 is 5.32 Å². The number of carbonyl (C=O) groups excluding carboxylic acids is 1. The molecule has 0 saturated heterocycles. The predicted molar refractivity (Wildman–Crippen MR) is 78.7 cm³/mol. The molecule has 0 fully saturated rings. The first-order valence-corrected chi connectivity index (χ1v) is 7.21. The molecule has 0 aliphatic rings. The van der Waals surface area contributed by atoms with Gasteiger partial charge in [-0.05, 0) is 18.6 Å². The van der Waals surface area contributed by atoms with E-state index in [1.165, 1.54) is 38.0 Å². The zero-order valence-corrected chi connectivity index (χ0v) is 12.0. The molecule has 0 aliphatic heterocycles. The molecule has 0 aromatic carbocycles. The highest BCUT2D eigenvalue weighted by molar-refractivity contribution is 6.01. The lowest BCUT2D eigenvalue weighted by atomic mass is 10.1. The molecular weight excluding hydrogens is 252 g/mol. The molecule has 20 heavy (non-hydrogen) atoms. The predicted octanol–water partition coefficient (Wildman–Crippen LogP) is 3.66. The van der Waals surface area contributed by atoms with Gasteiger partial charge in [0, 0.05) is 12.6 Å². The molecule has 4 heteroatoms. The fourth-order valence-electron chi connectivity index (χ4n) is 1.87. The first-order chi connectivity index (χ1) is 9.77. The summed E-state index contributed by atoms with van der Waals surface area (Å²) in [5, 5.41) is 11.7. The van der Waals surface area contributed by atoms with Crippen LogP contribution in [0.1, 0.15) is 51.2 Å². The number of unbranched alkanes of at least 4 members (excludes halogenated alkanes) is 5. The fourth-order valence-corrected chi connectivity index (χ4v) is 1.87. The Bertz CT molecular complexity index is 455. The van der Waals surface area contributed by atoms with Crippen LogP contribution in [0.2, 0.25) is 0 Å². The zero-order valence-electron chi connectivity index (χ0n) is 12.0. The first kappa shape index (κ1) is 16.0. The number of hydrogen-bond donors (Lipinski definition) is 1. The Morgan fingerprint density at radius 1 is 1.35 bits per heavy atom. The van der Waals surface area contributed by atoms with Crippen molar-refractivity contribution in [3.63, 3.8) is 0 Å². The Morgan fingerprint density at radius 2 is 2.10 bits per heavy atom. The summed E-state index contributed by atoms with van der Waals surface area (Å²) in [6.45, 7) is 2.80. The van der Waals surface area contributed by atoms with E-state index in [4.69, 9.17) is 9.68 Å². The number of nitrogens with zero attached hydrogens (tertiary/aromatic N) is 1. The second-order valence-corrected chi connectivity index (χ2v) is 4.71. The van der Waals surface area contributed by atoms with Crippen molar-refractivity contribution in [2.75, 3.05) is 6.54 Å². The Labute approximate surface area is 120 Å². The van der Waals surface area contributed by atoms with Gasteiger partial charge in [-0.3, -0.25) is 4.79 Å². The fraction of sp³-hybridized carbons (Fsp3) is 0.500. The van der Waals surface area contributed by atoms with Gasteiger partial charge < -0.3 is 9.73 Å². The van der Waals surface area contributed by atoms with E-state index in [9.17, 15) is 4.79 Å². The van der Waals surface area contributed by atoms with E-state index in [0.717, 1.165) is 12.8 Å². The van der Waals surface area contributed by atoms with Gasteiger partial charge in [0.25, 0.3) is 5.91 Å². The van der Waals surface area contributed by atoms with Crippen molar-refractivity contribution in [3.05, 3.63) is 29.7 Å². The number of nitriles is 1. The number of nitrogens with one attached hydrogen (secondary N) is 1. The number of furan rings is 1. The summed E-state index contributed by atoms with van der Waals surface area (Å²) in [5.74, 6) is 0.175. The van der Waals surface area contributed by atoms with Crippen LogP contribution in [0, 0.1) is 11.3 Å². The van der Waals surface area contributed by atoms with E-state index >= 15 is 0 Å². The molecule has 1 aromatic heterocycles. The van der Waals surface area contributed by atoms with Crippen LogP contribution in [0.15, 0.2) is 28.4 Å². The molecule has 0 spiro atoms. The average Bonchev–Trinajstić information content (AvgIpc) is 2.96. The Kier molecular flexibility index (Phi) is 7.90. The van der Waals surface area contributed by atoms with Gasteiger partial charge in [0.15, 0.2) is 0 Å². The van der Waals surface area contributed by atoms with Crippen LogP contribution in [0.4, 0.5) is 0 Å². The Hall–Kier alpha value is -2.02. The SMILES string of the molecule is CCCCCCCCNC(=O)/C(C#N)=C\c1ccco1. The van der Waals surface area contributed by atoms with Gasteiger partial charge in [-0.1, -0.05) is 39.0 Å². The summed E-state index contributed by atoms with van der Waals surface area (Å²) in [6, 6.07) is 5.32. The third-order valence-electron chi connectivity index (χ3n) is 3.01. The lowest BCUT2D eigenvalue weighted by molar-refractivity contribution is -0.117. The zero-order chi connectivity index (χ0) is 14.6. The molecule has 108 valence electrons. The van der Waals surface area contributed by atoms with Gasteiger partial charge in [0.2, 0.25) is 0 Å². The van der Waals surface area contributed by atoms with Crippen molar-refractivity contribution in [3.8, 4) is 6.07 Å². The van der Waals surface area contributed by atoms with E-state index in [0.29, 0.717) is 12.3 Å². The summed E-state index contributed by atoms with van der Waals surface area (Å²) in [5.41, 5.74) is 0.0749. The molecule has 0 atom stereocenters. The molecule has 1 aromatic rings. The van der Waals surface area contributed by atoms with Crippen LogP contribution >= 0.6 is 0 Å². The smallest absolute Gasteiger partial charge is 0.262 e. The monoisotopic (exact) mass is 274 g/mol. The summed E-state index contributed by atoms with van der Waals surface area (Å²) < 4.78 is 5.09. The van der Waals surface area contributed by atoms with E-state index in [-0.39, 0.29) is 11.5 Å². The molecule has 1 N–H and O–H groups in total.